The number of hydrogen-bond donors (Lipinski definition) is 2. The zero-order valence-electron chi connectivity index (χ0n) is 12.6. The van der Waals surface area contributed by atoms with Crippen molar-refractivity contribution in [3.63, 3.8) is 0 Å². The number of amides is 1. The minimum Gasteiger partial charge on any atom is -0.480 e. The van der Waals surface area contributed by atoms with Crippen molar-refractivity contribution in [1.29, 1.82) is 0 Å². The number of aliphatic carboxylic acids is 1. The van der Waals surface area contributed by atoms with Crippen LogP contribution in [0.4, 0.5) is 0 Å². The predicted octanol–water partition coefficient (Wildman–Crippen LogP) is 1.78. The second kappa shape index (κ2) is 6.20. The van der Waals surface area contributed by atoms with E-state index in [0.717, 1.165) is 19.3 Å². The highest BCUT2D eigenvalue weighted by Gasteiger charge is 2.41. The molecule has 3 rings (SSSR count). The highest BCUT2D eigenvalue weighted by Crippen LogP contribution is 2.29. The van der Waals surface area contributed by atoms with Crippen molar-refractivity contribution in [2.24, 2.45) is 0 Å². The Morgan fingerprint density at radius 2 is 2.00 bits per heavy atom. The number of benzene rings is 1. The van der Waals surface area contributed by atoms with E-state index in [1.165, 1.54) is 0 Å². The summed E-state index contributed by atoms with van der Waals surface area (Å²) in [7, 11) is 0. The van der Waals surface area contributed by atoms with Crippen LogP contribution in [-0.2, 0) is 4.79 Å². The summed E-state index contributed by atoms with van der Waals surface area (Å²) in [6.07, 6.45) is 6.79. The van der Waals surface area contributed by atoms with Gasteiger partial charge in [-0.3, -0.25) is 4.79 Å². The van der Waals surface area contributed by atoms with Gasteiger partial charge in [-0.1, -0.05) is 30.5 Å². The molecule has 0 spiro atoms. The molecule has 7 heteroatoms. The Balaban J connectivity index is 1.83. The van der Waals surface area contributed by atoms with Crippen LogP contribution < -0.4 is 5.32 Å². The molecule has 0 bridgehead atoms. The Morgan fingerprint density at radius 1 is 1.22 bits per heavy atom. The van der Waals surface area contributed by atoms with Crippen LogP contribution in [0, 0.1) is 0 Å². The first-order valence-electron chi connectivity index (χ1n) is 7.63. The van der Waals surface area contributed by atoms with Gasteiger partial charge in [-0.2, -0.15) is 0 Å². The SMILES string of the molecule is O=C(NC1(C(=O)O)CCCCC1)c1cccc(-n2ccnn2)c1. The van der Waals surface area contributed by atoms with Crippen molar-refractivity contribution in [1.82, 2.24) is 20.3 Å². The fourth-order valence-corrected chi connectivity index (χ4v) is 2.97. The van der Waals surface area contributed by atoms with Crippen LogP contribution in [0.2, 0.25) is 0 Å². The molecule has 1 aromatic heterocycles. The monoisotopic (exact) mass is 314 g/mol. The van der Waals surface area contributed by atoms with E-state index >= 15 is 0 Å². The maximum atomic E-state index is 12.5. The molecule has 1 amide bonds. The van der Waals surface area contributed by atoms with Crippen molar-refractivity contribution >= 4 is 11.9 Å². The summed E-state index contributed by atoms with van der Waals surface area (Å²) in [5, 5.41) is 19.9. The van der Waals surface area contributed by atoms with Crippen LogP contribution in [0.5, 0.6) is 0 Å². The third kappa shape index (κ3) is 3.08. The van der Waals surface area contributed by atoms with Gasteiger partial charge in [-0.05, 0) is 31.0 Å². The lowest BCUT2D eigenvalue weighted by Gasteiger charge is -2.34. The number of hydrogen-bond acceptors (Lipinski definition) is 4. The van der Waals surface area contributed by atoms with Gasteiger partial charge in [0, 0.05) is 5.56 Å². The van der Waals surface area contributed by atoms with E-state index in [9.17, 15) is 14.7 Å². The molecule has 7 nitrogen and oxygen atoms in total. The van der Waals surface area contributed by atoms with Gasteiger partial charge in [-0.25, -0.2) is 9.48 Å². The Labute approximate surface area is 133 Å². The van der Waals surface area contributed by atoms with Gasteiger partial charge < -0.3 is 10.4 Å². The third-order valence-corrected chi connectivity index (χ3v) is 4.26. The molecule has 1 aromatic carbocycles. The van der Waals surface area contributed by atoms with Gasteiger partial charge in [0.15, 0.2) is 0 Å². The molecule has 1 fully saturated rings. The maximum Gasteiger partial charge on any atom is 0.329 e. The molecule has 23 heavy (non-hydrogen) atoms. The standard InChI is InChI=1S/C16H18N4O3/c21-14(18-16(15(22)23)7-2-1-3-8-16)12-5-4-6-13(11-12)20-10-9-17-19-20/h4-6,9-11H,1-3,7-8H2,(H,18,21)(H,22,23). The number of carboxylic acid groups (broad SMARTS) is 1. The van der Waals surface area contributed by atoms with Gasteiger partial charge in [-0.15, -0.1) is 5.10 Å². The van der Waals surface area contributed by atoms with E-state index in [0.29, 0.717) is 24.1 Å². The molecule has 0 aliphatic heterocycles. The van der Waals surface area contributed by atoms with Crippen LogP contribution in [0.25, 0.3) is 5.69 Å². The van der Waals surface area contributed by atoms with E-state index in [4.69, 9.17) is 0 Å². The fraction of sp³-hybridized carbons (Fsp3) is 0.375. The van der Waals surface area contributed by atoms with E-state index < -0.39 is 11.5 Å². The summed E-state index contributed by atoms with van der Waals surface area (Å²) < 4.78 is 1.55. The van der Waals surface area contributed by atoms with Crippen molar-refractivity contribution in [3.8, 4) is 5.69 Å². The molecule has 2 N–H and O–H groups in total. The summed E-state index contributed by atoms with van der Waals surface area (Å²) in [4.78, 5) is 24.2. The van der Waals surface area contributed by atoms with Crippen molar-refractivity contribution in [3.05, 3.63) is 42.2 Å². The zero-order valence-corrected chi connectivity index (χ0v) is 12.6. The average molecular weight is 314 g/mol. The number of nitrogens with zero attached hydrogens (tertiary/aromatic N) is 3. The molecule has 0 unspecified atom stereocenters. The molecule has 1 saturated carbocycles. The van der Waals surface area contributed by atoms with Gasteiger partial charge in [0.1, 0.15) is 5.54 Å². The summed E-state index contributed by atoms with van der Waals surface area (Å²) >= 11 is 0. The number of rotatable bonds is 4. The van der Waals surface area contributed by atoms with Gasteiger partial charge in [0.2, 0.25) is 0 Å². The normalized spacial score (nSPS) is 16.7. The summed E-state index contributed by atoms with van der Waals surface area (Å²) in [5.74, 6) is -1.34. The molecule has 1 aliphatic rings. The Morgan fingerprint density at radius 3 is 2.65 bits per heavy atom. The number of nitrogens with one attached hydrogen (secondary N) is 1. The molecular formula is C16H18N4O3. The number of carboxylic acids is 1. The molecule has 2 aromatic rings. The lowest BCUT2D eigenvalue weighted by Crippen LogP contribution is -2.55. The first-order valence-corrected chi connectivity index (χ1v) is 7.63. The highest BCUT2D eigenvalue weighted by molar-refractivity contribution is 5.98. The lowest BCUT2D eigenvalue weighted by molar-refractivity contribution is -0.145. The average Bonchev–Trinajstić information content (AvgIpc) is 3.10. The second-order valence-electron chi connectivity index (χ2n) is 5.80. The first-order chi connectivity index (χ1) is 11.1. The molecular weight excluding hydrogens is 296 g/mol. The molecule has 120 valence electrons. The van der Waals surface area contributed by atoms with Crippen LogP contribution >= 0.6 is 0 Å². The number of aromatic nitrogens is 3. The molecule has 0 radical (unpaired) electrons. The van der Waals surface area contributed by atoms with Crippen LogP contribution in [-0.4, -0.2) is 37.5 Å². The summed E-state index contributed by atoms with van der Waals surface area (Å²) in [5.41, 5.74) is -0.0501. The Kier molecular flexibility index (Phi) is 4.10. The minimum atomic E-state index is -1.15. The second-order valence-corrected chi connectivity index (χ2v) is 5.80. The zero-order chi connectivity index (χ0) is 16.3. The van der Waals surface area contributed by atoms with Crippen LogP contribution in [0.15, 0.2) is 36.7 Å². The smallest absolute Gasteiger partial charge is 0.329 e. The van der Waals surface area contributed by atoms with Crippen molar-refractivity contribution in [2.75, 3.05) is 0 Å². The van der Waals surface area contributed by atoms with Gasteiger partial charge in [0.25, 0.3) is 5.91 Å². The van der Waals surface area contributed by atoms with E-state index in [1.807, 2.05) is 0 Å². The molecule has 0 saturated heterocycles. The molecule has 0 atom stereocenters. The summed E-state index contributed by atoms with van der Waals surface area (Å²) in [6, 6.07) is 6.87. The summed E-state index contributed by atoms with van der Waals surface area (Å²) in [6.45, 7) is 0. The number of carbonyl (C=O) groups is 2. The predicted molar refractivity (Wildman–Crippen MR) is 82.3 cm³/mol. The fourth-order valence-electron chi connectivity index (χ4n) is 2.97. The Hall–Kier alpha value is -2.70. The molecule has 1 heterocycles. The molecule has 1 aliphatic carbocycles. The minimum absolute atomic E-state index is 0.378. The van der Waals surface area contributed by atoms with E-state index in [1.54, 1.807) is 41.3 Å². The quantitative estimate of drug-likeness (QED) is 0.896. The van der Waals surface area contributed by atoms with E-state index in [-0.39, 0.29) is 5.91 Å². The highest BCUT2D eigenvalue weighted by atomic mass is 16.4. The number of carbonyl (C=O) groups excluding carboxylic acids is 1. The van der Waals surface area contributed by atoms with Crippen LogP contribution in [0.1, 0.15) is 42.5 Å². The van der Waals surface area contributed by atoms with E-state index in [2.05, 4.69) is 15.6 Å². The topological polar surface area (TPSA) is 97.1 Å². The lowest BCUT2D eigenvalue weighted by atomic mass is 9.81. The maximum absolute atomic E-state index is 12.5. The van der Waals surface area contributed by atoms with Crippen molar-refractivity contribution in [2.45, 2.75) is 37.6 Å². The van der Waals surface area contributed by atoms with Crippen LogP contribution in [0.3, 0.4) is 0 Å². The van der Waals surface area contributed by atoms with Gasteiger partial charge in [0.05, 0.1) is 18.1 Å². The third-order valence-electron chi connectivity index (χ3n) is 4.26. The van der Waals surface area contributed by atoms with Gasteiger partial charge >= 0.3 is 5.97 Å². The Bertz CT molecular complexity index is 706. The largest absolute Gasteiger partial charge is 0.480 e. The van der Waals surface area contributed by atoms with Crippen molar-refractivity contribution < 1.29 is 14.7 Å². The first kappa shape index (κ1) is 15.2.